The van der Waals surface area contributed by atoms with Crippen molar-refractivity contribution in [2.24, 2.45) is 0 Å². The van der Waals surface area contributed by atoms with E-state index in [9.17, 15) is 9.90 Å². The van der Waals surface area contributed by atoms with Crippen molar-refractivity contribution in [3.8, 4) is 5.75 Å². The Balaban J connectivity index is 2.19. The highest BCUT2D eigenvalue weighted by Gasteiger charge is 2.25. The van der Waals surface area contributed by atoms with Gasteiger partial charge in [-0.25, -0.2) is 0 Å². The summed E-state index contributed by atoms with van der Waals surface area (Å²) in [5.74, 6) is 0.595. The maximum Gasteiger partial charge on any atom is 0.265 e. The molecule has 1 atom stereocenters. The molecule has 0 saturated carbocycles. The molecule has 122 valence electrons. The van der Waals surface area contributed by atoms with Gasteiger partial charge < -0.3 is 19.8 Å². The molecule has 2 rings (SSSR count). The maximum atomic E-state index is 11.9. The summed E-state index contributed by atoms with van der Waals surface area (Å²) in [7, 11) is 0. The van der Waals surface area contributed by atoms with E-state index in [0.29, 0.717) is 31.1 Å². The highest BCUT2D eigenvalue weighted by molar-refractivity contribution is 5.97. The Morgan fingerprint density at radius 1 is 1.41 bits per heavy atom. The van der Waals surface area contributed by atoms with Crippen LogP contribution < -0.4 is 9.64 Å². The van der Waals surface area contributed by atoms with Crippen molar-refractivity contribution < 1.29 is 19.7 Å². The number of carbonyl (C=O) groups is 1. The molecule has 2 N–H and O–H groups in total. The summed E-state index contributed by atoms with van der Waals surface area (Å²) in [6.07, 6.45) is -0.674. The molecule has 0 saturated heterocycles. The molecule has 6 nitrogen and oxygen atoms in total. The van der Waals surface area contributed by atoms with Crippen LogP contribution in [0.2, 0.25) is 0 Å². The number of nitrogens with zero attached hydrogens (tertiary/aromatic N) is 2. The number of aliphatic hydroxyl groups excluding tert-OH is 2. The van der Waals surface area contributed by atoms with Crippen LogP contribution >= 0.6 is 0 Å². The van der Waals surface area contributed by atoms with Gasteiger partial charge in [0.05, 0.1) is 18.4 Å². The highest BCUT2D eigenvalue weighted by Crippen LogP contribution is 2.34. The van der Waals surface area contributed by atoms with Gasteiger partial charge in [0.25, 0.3) is 5.91 Å². The predicted octanol–water partition coefficient (Wildman–Crippen LogP) is 0.779. The second kappa shape index (κ2) is 7.58. The SMILES string of the molecule is CCN(CCO)CC(O)c1ccc2c(c1)N(CC)C(=O)CO2. The summed E-state index contributed by atoms with van der Waals surface area (Å²) in [6.45, 7) is 6.32. The highest BCUT2D eigenvalue weighted by atomic mass is 16.5. The molecule has 0 aromatic heterocycles. The Bertz CT molecular complexity index is 521. The molecule has 1 aromatic carbocycles. The first-order valence-electron chi connectivity index (χ1n) is 7.69. The molecule has 1 amide bonds. The molecule has 0 aliphatic carbocycles. The van der Waals surface area contributed by atoms with Crippen LogP contribution in [0.1, 0.15) is 25.5 Å². The van der Waals surface area contributed by atoms with Gasteiger partial charge in [-0.1, -0.05) is 13.0 Å². The van der Waals surface area contributed by atoms with Crippen LogP contribution in [0.25, 0.3) is 0 Å². The molecule has 1 aliphatic heterocycles. The fourth-order valence-electron chi connectivity index (χ4n) is 2.64. The molecule has 0 radical (unpaired) electrons. The fourth-order valence-corrected chi connectivity index (χ4v) is 2.64. The second-order valence-corrected chi connectivity index (χ2v) is 5.29. The summed E-state index contributed by atoms with van der Waals surface area (Å²) >= 11 is 0. The monoisotopic (exact) mass is 308 g/mol. The van der Waals surface area contributed by atoms with E-state index < -0.39 is 6.10 Å². The predicted molar refractivity (Wildman–Crippen MR) is 84.1 cm³/mol. The Morgan fingerprint density at radius 3 is 2.82 bits per heavy atom. The van der Waals surface area contributed by atoms with Gasteiger partial charge in [0.1, 0.15) is 5.75 Å². The lowest BCUT2D eigenvalue weighted by Crippen LogP contribution is -2.38. The molecule has 0 spiro atoms. The molecular formula is C16H24N2O4. The van der Waals surface area contributed by atoms with Gasteiger partial charge in [-0.15, -0.1) is 0 Å². The van der Waals surface area contributed by atoms with E-state index >= 15 is 0 Å². The summed E-state index contributed by atoms with van der Waals surface area (Å²) in [6, 6.07) is 5.43. The Hall–Kier alpha value is -1.63. The third-order valence-electron chi connectivity index (χ3n) is 3.92. The van der Waals surface area contributed by atoms with Gasteiger partial charge in [-0.2, -0.15) is 0 Å². The van der Waals surface area contributed by atoms with Gasteiger partial charge >= 0.3 is 0 Å². The van der Waals surface area contributed by atoms with E-state index in [1.54, 1.807) is 11.0 Å². The van der Waals surface area contributed by atoms with Crippen molar-refractivity contribution in [3.05, 3.63) is 23.8 Å². The minimum atomic E-state index is -0.674. The number of likely N-dealkylation sites (N-methyl/N-ethyl adjacent to an activating group) is 2. The Labute approximate surface area is 130 Å². The molecule has 1 heterocycles. The summed E-state index contributed by atoms with van der Waals surface area (Å²) in [5.41, 5.74) is 1.45. The first-order chi connectivity index (χ1) is 10.6. The van der Waals surface area contributed by atoms with Gasteiger partial charge in [0.2, 0.25) is 0 Å². The third kappa shape index (κ3) is 3.58. The van der Waals surface area contributed by atoms with Crippen molar-refractivity contribution in [3.63, 3.8) is 0 Å². The van der Waals surface area contributed by atoms with E-state index in [1.165, 1.54) is 0 Å². The average Bonchev–Trinajstić information content (AvgIpc) is 2.53. The first-order valence-corrected chi connectivity index (χ1v) is 7.69. The van der Waals surface area contributed by atoms with Gasteiger partial charge in [0, 0.05) is 19.6 Å². The first kappa shape index (κ1) is 16.7. The number of rotatable bonds is 7. The normalized spacial score (nSPS) is 15.7. The molecule has 1 unspecified atom stereocenters. The zero-order valence-corrected chi connectivity index (χ0v) is 13.2. The van der Waals surface area contributed by atoms with E-state index in [0.717, 1.165) is 12.1 Å². The van der Waals surface area contributed by atoms with Gasteiger partial charge in [-0.05, 0) is 31.2 Å². The van der Waals surface area contributed by atoms with Crippen molar-refractivity contribution in [1.82, 2.24) is 4.90 Å². The Morgan fingerprint density at radius 2 is 2.18 bits per heavy atom. The maximum absolute atomic E-state index is 11.9. The molecule has 22 heavy (non-hydrogen) atoms. The Kier molecular flexibility index (Phi) is 5.76. The standard InChI is InChI=1S/C16H24N2O4/c1-3-17(7-8-19)10-14(20)12-5-6-15-13(9-12)18(4-2)16(21)11-22-15/h5-6,9,14,19-20H,3-4,7-8,10-11H2,1-2H3. The average molecular weight is 308 g/mol. The fraction of sp³-hybridized carbons (Fsp3) is 0.562. The van der Waals surface area contributed by atoms with Crippen molar-refractivity contribution >= 4 is 11.6 Å². The third-order valence-corrected chi connectivity index (χ3v) is 3.92. The largest absolute Gasteiger partial charge is 0.482 e. The molecular weight excluding hydrogens is 284 g/mol. The van der Waals surface area contributed by atoms with Gasteiger partial charge in [-0.3, -0.25) is 9.69 Å². The van der Waals surface area contributed by atoms with Crippen molar-refractivity contribution in [2.75, 3.05) is 44.3 Å². The zero-order chi connectivity index (χ0) is 16.1. The number of fused-ring (bicyclic) bond motifs is 1. The second-order valence-electron chi connectivity index (χ2n) is 5.29. The minimum absolute atomic E-state index is 0.0584. The molecule has 0 fully saturated rings. The number of ether oxygens (including phenoxy) is 1. The van der Waals surface area contributed by atoms with Crippen LogP contribution in [-0.2, 0) is 4.79 Å². The van der Waals surface area contributed by atoms with Crippen LogP contribution in [-0.4, -0.2) is 60.4 Å². The number of amides is 1. The number of hydrogen-bond donors (Lipinski definition) is 2. The number of carbonyl (C=O) groups excluding carboxylic acids is 1. The van der Waals surface area contributed by atoms with E-state index in [-0.39, 0.29) is 19.1 Å². The van der Waals surface area contributed by atoms with Gasteiger partial charge in [0.15, 0.2) is 6.61 Å². The zero-order valence-electron chi connectivity index (χ0n) is 13.2. The number of benzene rings is 1. The van der Waals surface area contributed by atoms with Crippen molar-refractivity contribution in [1.29, 1.82) is 0 Å². The molecule has 6 heteroatoms. The van der Waals surface area contributed by atoms with Crippen LogP contribution in [0.15, 0.2) is 18.2 Å². The van der Waals surface area contributed by atoms with E-state index in [1.807, 2.05) is 30.9 Å². The summed E-state index contributed by atoms with van der Waals surface area (Å²) in [4.78, 5) is 15.5. The molecule has 0 bridgehead atoms. The summed E-state index contributed by atoms with van der Waals surface area (Å²) < 4.78 is 5.43. The smallest absolute Gasteiger partial charge is 0.265 e. The number of hydrogen-bond acceptors (Lipinski definition) is 5. The van der Waals surface area contributed by atoms with Crippen LogP contribution in [0.4, 0.5) is 5.69 Å². The molecule has 1 aliphatic rings. The van der Waals surface area contributed by atoms with Crippen LogP contribution in [0.5, 0.6) is 5.75 Å². The number of aliphatic hydroxyl groups is 2. The van der Waals surface area contributed by atoms with E-state index in [4.69, 9.17) is 9.84 Å². The van der Waals surface area contributed by atoms with E-state index in [2.05, 4.69) is 0 Å². The van der Waals surface area contributed by atoms with Crippen molar-refractivity contribution in [2.45, 2.75) is 20.0 Å². The minimum Gasteiger partial charge on any atom is -0.482 e. The lowest BCUT2D eigenvalue weighted by Gasteiger charge is -2.30. The van der Waals surface area contributed by atoms with Crippen LogP contribution in [0.3, 0.4) is 0 Å². The molecule has 1 aromatic rings. The van der Waals surface area contributed by atoms with Crippen LogP contribution in [0, 0.1) is 0 Å². The summed E-state index contributed by atoms with van der Waals surface area (Å²) in [5, 5.41) is 19.4. The lowest BCUT2D eigenvalue weighted by molar-refractivity contribution is -0.121. The number of anilines is 1. The quantitative estimate of drug-likeness (QED) is 0.779. The topological polar surface area (TPSA) is 73.2 Å². The lowest BCUT2D eigenvalue weighted by atomic mass is 10.1.